The van der Waals surface area contributed by atoms with Gasteiger partial charge in [0, 0.05) is 5.41 Å². The van der Waals surface area contributed by atoms with Gasteiger partial charge in [-0.25, -0.2) is 4.98 Å². The fourth-order valence-corrected chi connectivity index (χ4v) is 4.02. The number of carbonyl (C=O) groups is 1. The van der Waals surface area contributed by atoms with Gasteiger partial charge in [0.05, 0.1) is 17.2 Å². The van der Waals surface area contributed by atoms with Crippen molar-refractivity contribution in [3.8, 4) is 5.75 Å². The summed E-state index contributed by atoms with van der Waals surface area (Å²) < 4.78 is 5.78. The van der Waals surface area contributed by atoms with Crippen LogP contribution in [-0.2, 0) is 18.3 Å². The summed E-state index contributed by atoms with van der Waals surface area (Å²) in [7, 11) is 0. The molecule has 1 N–H and O–H groups in total. The molecule has 5 heteroatoms. The van der Waals surface area contributed by atoms with Crippen LogP contribution in [0.3, 0.4) is 0 Å². The maximum absolute atomic E-state index is 12.4. The van der Waals surface area contributed by atoms with Crippen molar-refractivity contribution in [3.63, 3.8) is 0 Å². The molecular weight excluding hydrogens is 332 g/mol. The monoisotopic (exact) mass is 358 g/mol. The Morgan fingerprint density at radius 1 is 1.28 bits per heavy atom. The van der Waals surface area contributed by atoms with E-state index in [1.54, 1.807) is 0 Å². The number of benzene rings is 1. The summed E-state index contributed by atoms with van der Waals surface area (Å²) in [6, 6.07) is 6.31. The second-order valence-corrected chi connectivity index (χ2v) is 8.57. The number of nitrogens with one attached hydrogen (secondary N) is 1. The molecule has 2 aromatic rings. The van der Waals surface area contributed by atoms with Crippen LogP contribution in [0.15, 0.2) is 18.2 Å². The highest BCUT2D eigenvalue weighted by atomic mass is 32.1. The third kappa shape index (κ3) is 4.21. The summed E-state index contributed by atoms with van der Waals surface area (Å²) in [5, 5.41) is 3.92. The molecule has 1 aliphatic rings. The molecule has 0 fully saturated rings. The number of nitrogens with zero attached hydrogens (tertiary/aromatic N) is 1. The number of fused-ring (bicyclic) bond motifs is 1. The van der Waals surface area contributed by atoms with Crippen molar-refractivity contribution in [1.82, 2.24) is 10.3 Å². The quantitative estimate of drug-likeness (QED) is 0.821. The number of ether oxygens (including phenoxy) is 1. The SMILES string of the molecule is Cc1nc(C(C)(C)C)sc1C(=O)NCCOc1ccc2c(c1)CCC2. The second kappa shape index (κ2) is 7.16. The Balaban J connectivity index is 1.51. The number of rotatable bonds is 5. The molecule has 1 amide bonds. The van der Waals surface area contributed by atoms with E-state index >= 15 is 0 Å². The number of aromatic nitrogens is 1. The molecule has 0 spiro atoms. The Bertz CT molecular complexity index is 774. The summed E-state index contributed by atoms with van der Waals surface area (Å²) in [5.41, 5.74) is 3.60. The molecular formula is C20H26N2O2S. The number of aryl methyl sites for hydroxylation is 3. The van der Waals surface area contributed by atoms with E-state index in [1.807, 2.05) is 13.0 Å². The van der Waals surface area contributed by atoms with E-state index in [-0.39, 0.29) is 11.3 Å². The van der Waals surface area contributed by atoms with Gasteiger partial charge >= 0.3 is 0 Å². The van der Waals surface area contributed by atoms with Gasteiger partial charge in [-0.3, -0.25) is 4.79 Å². The highest BCUT2D eigenvalue weighted by Gasteiger charge is 2.22. The summed E-state index contributed by atoms with van der Waals surface area (Å²) in [6.45, 7) is 9.17. The summed E-state index contributed by atoms with van der Waals surface area (Å²) in [5.74, 6) is 0.821. The zero-order valence-electron chi connectivity index (χ0n) is 15.4. The average molecular weight is 359 g/mol. The number of thiazole rings is 1. The van der Waals surface area contributed by atoms with Crippen molar-refractivity contribution < 1.29 is 9.53 Å². The van der Waals surface area contributed by atoms with Crippen LogP contribution in [0.4, 0.5) is 0 Å². The molecule has 0 radical (unpaired) electrons. The Hall–Kier alpha value is -1.88. The minimum absolute atomic E-state index is 0.0371. The number of amides is 1. The van der Waals surface area contributed by atoms with Crippen molar-refractivity contribution in [1.29, 1.82) is 0 Å². The summed E-state index contributed by atoms with van der Waals surface area (Å²) >= 11 is 1.48. The van der Waals surface area contributed by atoms with Crippen LogP contribution in [0.1, 0.15) is 58.7 Å². The maximum Gasteiger partial charge on any atom is 0.263 e. The van der Waals surface area contributed by atoms with Gasteiger partial charge in [0.1, 0.15) is 17.2 Å². The van der Waals surface area contributed by atoms with E-state index in [9.17, 15) is 4.79 Å². The molecule has 0 bridgehead atoms. The lowest BCUT2D eigenvalue weighted by Gasteiger charge is -2.13. The van der Waals surface area contributed by atoms with Crippen LogP contribution in [0, 0.1) is 6.92 Å². The molecule has 3 rings (SSSR count). The fraction of sp³-hybridized carbons (Fsp3) is 0.500. The van der Waals surface area contributed by atoms with Crippen LogP contribution in [0.25, 0.3) is 0 Å². The average Bonchev–Trinajstić information content (AvgIpc) is 3.16. The predicted molar refractivity (Wildman–Crippen MR) is 102 cm³/mol. The lowest BCUT2D eigenvalue weighted by Crippen LogP contribution is -2.28. The van der Waals surface area contributed by atoms with Gasteiger partial charge in [0.25, 0.3) is 5.91 Å². The van der Waals surface area contributed by atoms with Crippen molar-refractivity contribution >= 4 is 17.2 Å². The highest BCUT2D eigenvalue weighted by molar-refractivity contribution is 7.14. The lowest BCUT2D eigenvalue weighted by molar-refractivity contribution is 0.0950. The number of carbonyl (C=O) groups excluding carboxylic acids is 1. The van der Waals surface area contributed by atoms with E-state index in [1.165, 1.54) is 35.3 Å². The molecule has 1 heterocycles. The largest absolute Gasteiger partial charge is 0.492 e. The first-order valence-electron chi connectivity index (χ1n) is 8.85. The van der Waals surface area contributed by atoms with Crippen molar-refractivity contribution in [3.05, 3.63) is 44.9 Å². The van der Waals surface area contributed by atoms with Crippen LogP contribution in [0.5, 0.6) is 5.75 Å². The van der Waals surface area contributed by atoms with Gasteiger partial charge < -0.3 is 10.1 Å². The third-order valence-corrected chi connectivity index (χ3v) is 5.95. The smallest absolute Gasteiger partial charge is 0.263 e. The summed E-state index contributed by atoms with van der Waals surface area (Å²) in [6.07, 6.45) is 3.56. The highest BCUT2D eigenvalue weighted by Crippen LogP contribution is 2.29. The predicted octanol–water partition coefficient (Wildman–Crippen LogP) is 4.05. The molecule has 0 saturated carbocycles. The van der Waals surface area contributed by atoms with E-state index < -0.39 is 0 Å². The van der Waals surface area contributed by atoms with Gasteiger partial charge in [0.2, 0.25) is 0 Å². The lowest BCUT2D eigenvalue weighted by atomic mass is 9.98. The first-order chi connectivity index (χ1) is 11.8. The number of hydrogen-bond donors (Lipinski definition) is 1. The van der Waals surface area contributed by atoms with E-state index in [0.717, 1.165) is 22.9 Å². The Kier molecular flexibility index (Phi) is 5.13. The van der Waals surface area contributed by atoms with Gasteiger partial charge in [-0.1, -0.05) is 26.8 Å². The van der Waals surface area contributed by atoms with Crippen LogP contribution < -0.4 is 10.1 Å². The van der Waals surface area contributed by atoms with E-state index in [4.69, 9.17) is 4.74 Å². The topological polar surface area (TPSA) is 51.2 Å². The first-order valence-corrected chi connectivity index (χ1v) is 9.67. The van der Waals surface area contributed by atoms with Crippen LogP contribution >= 0.6 is 11.3 Å². The van der Waals surface area contributed by atoms with Gasteiger partial charge in [-0.2, -0.15) is 0 Å². The number of hydrogen-bond acceptors (Lipinski definition) is 4. The standard InChI is InChI=1S/C20H26N2O2S/c1-13-17(25-19(22-13)20(2,3)4)18(23)21-10-11-24-16-9-8-14-6-5-7-15(14)12-16/h8-9,12H,5-7,10-11H2,1-4H3,(H,21,23). The maximum atomic E-state index is 12.4. The van der Waals surface area contributed by atoms with Crippen LogP contribution in [0.2, 0.25) is 0 Å². The van der Waals surface area contributed by atoms with Crippen LogP contribution in [-0.4, -0.2) is 24.0 Å². The third-order valence-electron chi connectivity index (χ3n) is 4.37. The van der Waals surface area contributed by atoms with E-state index in [2.05, 4.69) is 43.2 Å². The Morgan fingerprint density at radius 2 is 2.04 bits per heavy atom. The van der Waals surface area contributed by atoms with Gasteiger partial charge in [-0.15, -0.1) is 11.3 Å². The minimum Gasteiger partial charge on any atom is -0.492 e. The van der Waals surface area contributed by atoms with E-state index in [0.29, 0.717) is 18.0 Å². The van der Waals surface area contributed by atoms with Crippen molar-refractivity contribution in [2.45, 2.75) is 52.4 Å². The molecule has 0 unspecified atom stereocenters. The zero-order chi connectivity index (χ0) is 18.0. The van der Waals surface area contributed by atoms with Crippen molar-refractivity contribution in [2.75, 3.05) is 13.2 Å². The second-order valence-electron chi connectivity index (χ2n) is 7.57. The van der Waals surface area contributed by atoms with Gasteiger partial charge in [-0.05, 0) is 49.4 Å². The molecule has 0 aliphatic heterocycles. The molecule has 0 atom stereocenters. The molecule has 1 aromatic heterocycles. The molecule has 4 nitrogen and oxygen atoms in total. The molecule has 1 aromatic carbocycles. The fourth-order valence-electron chi connectivity index (χ4n) is 2.98. The Morgan fingerprint density at radius 3 is 2.76 bits per heavy atom. The molecule has 25 heavy (non-hydrogen) atoms. The molecule has 134 valence electrons. The normalized spacial score (nSPS) is 13.6. The Labute approximate surface area is 153 Å². The van der Waals surface area contributed by atoms with Crippen molar-refractivity contribution in [2.24, 2.45) is 0 Å². The first kappa shape index (κ1) is 17.9. The minimum atomic E-state index is -0.0666. The molecule has 1 aliphatic carbocycles. The zero-order valence-corrected chi connectivity index (χ0v) is 16.3. The summed E-state index contributed by atoms with van der Waals surface area (Å²) in [4.78, 5) is 17.6. The van der Waals surface area contributed by atoms with Gasteiger partial charge in [0.15, 0.2) is 0 Å². The molecule has 0 saturated heterocycles.